The number of aromatic nitrogens is 1. The van der Waals surface area contributed by atoms with Crippen molar-refractivity contribution in [1.29, 1.82) is 5.26 Å². The van der Waals surface area contributed by atoms with Gasteiger partial charge in [0.25, 0.3) is 11.5 Å². The number of nitriles is 1. The Kier molecular flexibility index (Phi) is 9.65. The lowest BCUT2D eigenvalue weighted by Gasteiger charge is -2.38. The number of carbonyl (C=O) groups excluding carboxylic acids is 1. The van der Waals surface area contributed by atoms with Gasteiger partial charge >= 0.3 is 0 Å². The average Bonchev–Trinajstić information content (AvgIpc) is 3.22. The highest BCUT2D eigenvalue weighted by Gasteiger charge is 2.36. The second kappa shape index (κ2) is 12.9. The first-order valence-electron chi connectivity index (χ1n) is 13.8. The van der Waals surface area contributed by atoms with Crippen LogP contribution in [0.5, 0.6) is 0 Å². The molecule has 0 spiro atoms. The molecule has 0 bridgehead atoms. The number of carbonyl (C=O) groups is 1. The van der Waals surface area contributed by atoms with E-state index < -0.39 is 0 Å². The summed E-state index contributed by atoms with van der Waals surface area (Å²) >= 11 is 6.87. The van der Waals surface area contributed by atoms with Crippen LogP contribution in [-0.2, 0) is 17.9 Å². The lowest BCUT2D eigenvalue weighted by Crippen LogP contribution is -2.48. The highest BCUT2D eigenvalue weighted by Crippen LogP contribution is 2.37. The number of anilines is 1. The van der Waals surface area contributed by atoms with Crippen molar-refractivity contribution in [3.8, 4) is 6.07 Å². The fourth-order valence-corrected chi connectivity index (χ4v) is 6.59. The van der Waals surface area contributed by atoms with Crippen molar-refractivity contribution in [1.82, 2.24) is 14.4 Å². The molecule has 0 aliphatic carbocycles. The maximum absolute atomic E-state index is 13.6. The van der Waals surface area contributed by atoms with Crippen LogP contribution in [0.25, 0.3) is 6.08 Å². The molecule has 1 aromatic carbocycles. The fraction of sp³-hybridized carbons (Fsp3) is 0.467. The minimum atomic E-state index is -0.255. The second-order valence-corrected chi connectivity index (χ2v) is 11.9. The summed E-state index contributed by atoms with van der Waals surface area (Å²) in [5, 5.41) is 9.95. The zero-order valence-corrected chi connectivity index (χ0v) is 24.9. The first-order chi connectivity index (χ1) is 18.8. The first-order valence-corrected chi connectivity index (χ1v) is 15.0. The van der Waals surface area contributed by atoms with Gasteiger partial charge in [0.1, 0.15) is 21.8 Å². The SMILES string of the molecule is CCCCn1c(N2CCN(Cc3ccccc3)CC2)c(/C=C2\SC(=S)N(C(C)CC)C2=O)c(C)c(C#N)c1=O. The van der Waals surface area contributed by atoms with E-state index in [4.69, 9.17) is 12.2 Å². The van der Waals surface area contributed by atoms with Crippen molar-refractivity contribution < 1.29 is 4.79 Å². The molecule has 2 aromatic rings. The molecule has 4 rings (SSSR count). The zero-order valence-electron chi connectivity index (χ0n) is 23.3. The molecule has 2 aliphatic heterocycles. The van der Waals surface area contributed by atoms with Gasteiger partial charge in [-0.25, -0.2) is 0 Å². The van der Waals surface area contributed by atoms with Crippen molar-refractivity contribution in [2.75, 3.05) is 31.1 Å². The number of pyridine rings is 1. The minimum Gasteiger partial charge on any atom is -0.355 e. The van der Waals surface area contributed by atoms with E-state index in [-0.39, 0.29) is 23.1 Å². The fourth-order valence-electron chi connectivity index (χ4n) is 5.14. The van der Waals surface area contributed by atoms with Gasteiger partial charge in [-0.3, -0.25) is 24.0 Å². The van der Waals surface area contributed by atoms with Crippen LogP contribution in [0.15, 0.2) is 40.0 Å². The molecule has 2 saturated heterocycles. The third-order valence-corrected chi connectivity index (χ3v) is 8.96. The standard InChI is InChI=1S/C30H37N5O2S2/c1-5-7-13-34-27(33-16-14-32(15-17-33)20-23-11-9-8-10-12-23)24(22(4)25(19-31)28(34)36)18-26-29(37)35(21(3)6-2)30(38)39-26/h8-12,18,21H,5-7,13-17,20H2,1-4H3/b26-18-. The van der Waals surface area contributed by atoms with Crippen LogP contribution >= 0.6 is 24.0 Å². The van der Waals surface area contributed by atoms with Gasteiger partial charge in [-0.2, -0.15) is 5.26 Å². The number of benzene rings is 1. The quantitative estimate of drug-likeness (QED) is 0.309. The highest BCUT2D eigenvalue weighted by atomic mass is 32.2. The number of unbranched alkanes of at least 4 members (excludes halogenated alkanes) is 1. The van der Waals surface area contributed by atoms with E-state index in [9.17, 15) is 14.9 Å². The number of hydrogen-bond acceptors (Lipinski definition) is 7. The summed E-state index contributed by atoms with van der Waals surface area (Å²) in [5.41, 5.74) is 2.55. The van der Waals surface area contributed by atoms with E-state index in [0.717, 1.165) is 63.4 Å². The van der Waals surface area contributed by atoms with Crippen LogP contribution in [0.3, 0.4) is 0 Å². The molecule has 1 atom stereocenters. The van der Waals surface area contributed by atoms with Gasteiger partial charge in [0, 0.05) is 50.9 Å². The van der Waals surface area contributed by atoms with Crippen molar-refractivity contribution in [2.45, 2.75) is 66.1 Å². The van der Waals surface area contributed by atoms with Gasteiger partial charge in [0.05, 0.1) is 4.91 Å². The molecule has 0 saturated carbocycles. The third kappa shape index (κ3) is 6.13. The largest absolute Gasteiger partial charge is 0.355 e. The summed E-state index contributed by atoms with van der Waals surface area (Å²) in [6, 6.07) is 12.6. The Morgan fingerprint density at radius 3 is 2.44 bits per heavy atom. The second-order valence-electron chi connectivity index (χ2n) is 10.2. The summed E-state index contributed by atoms with van der Waals surface area (Å²) < 4.78 is 2.32. The summed E-state index contributed by atoms with van der Waals surface area (Å²) in [4.78, 5) is 33.9. The Bertz CT molecular complexity index is 1350. The van der Waals surface area contributed by atoms with Crippen molar-refractivity contribution in [3.05, 3.63) is 67.8 Å². The van der Waals surface area contributed by atoms with Crippen LogP contribution in [0.4, 0.5) is 5.82 Å². The maximum atomic E-state index is 13.6. The van der Waals surface area contributed by atoms with E-state index in [0.29, 0.717) is 21.3 Å². The maximum Gasteiger partial charge on any atom is 0.270 e. The third-order valence-electron chi connectivity index (χ3n) is 7.63. The Balaban J connectivity index is 1.75. The highest BCUT2D eigenvalue weighted by molar-refractivity contribution is 8.26. The van der Waals surface area contributed by atoms with Crippen LogP contribution in [0, 0.1) is 18.3 Å². The van der Waals surface area contributed by atoms with E-state index in [1.54, 1.807) is 9.47 Å². The normalized spacial score (nSPS) is 18.2. The first kappa shape index (κ1) is 29.1. The Hall–Kier alpha value is -2.93. The molecule has 0 N–H and O–H groups in total. The number of amides is 1. The summed E-state index contributed by atoms with van der Waals surface area (Å²) in [7, 11) is 0. The van der Waals surface area contributed by atoms with Gasteiger partial charge in [0.2, 0.25) is 0 Å². The molecule has 7 nitrogen and oxygen atoms in total. The number of rotatable bonds is 9. The van der Waals surface area contributed by atoms with Crippen LogP contribution in [0.2, 0.25) is 0 Å². The molecule has 39 heavy (non-hydrogen) atoms. The van der Waals surface area contributed by atoms with E-state index in [1.165, 1.54) is 17.3 Å². The smallest absolute Gasteiger partial charge is 0.270 e. The molecule has 2 fully saturated rings. The number of hydrogen-bond donors (Lipinski definition) is 0. The summed E-state index contributed by atoms with van der Waals surface area (Å²) in [6.45, 7) is 12.6. The van der Waals surface area contributed by atoms with E-state index >= 15 is 0 Å². The van der Waals surface area contributed by atoms with Gasteiger partial charge in [-0.1, -0.05) is 74.6 Å². The predicted molar refractivity (Wildman–Crippen MR) is 164 cm³/mol. The van der Waals surface area contributed by atoms with Crippen LogP contribution < -0.4 is 10.5 Å². The van der Waals surface area contributed by atoms with Crippen LogP contribution in [-0.4, -0.2) is 56.8 Å². The number of thioether (sulfide) groups is 1. The predicted octanol–water partition coefficient (Wildman–Crippen LogP) is 5.15. The Morgan fingerprint density at radius 1 is 1.13 bits per heavy atom. The Labute approximate surface area is 241 Å². The lowest BCUT2D eigenvalue weighted by molar-refractivity contribution is -0.123. The molecule has 1 unspecified atom stereocenters. The monoisotopic (exact) mass is 563 g/mol. The van der Waals surface area contributed by atoms with E-state index in [2.05, 4.69) is 47.1 Å². The minimum absolute atomic E-state index is 0.00911. The molecule has 206 valence electrons. The van der Waals surface area contributed by atoms with Crippen molar-refractivity contribution in [2.24, 2.45) is 0 Å². The average molecular weight is 564 g/mol. The van der Waals surface area contributed by atoms with E-state index in [1.807, 2.05) is 32.9 Å². The zero-order chi connectivity index (χ0) is 28.1. The topological polar surface area (TPSA) is 72.6 Å². The van der Waals surface area contributed by atoms with Crippen LogP contribution in [0.1, 0.15) is 62.3 Å². The summed E-state index contributed by atoms with van der Waals surface area (Å²) in [5.74, 6) is 0.695. The Morgan fingerprint density at radius 2 is 1.82 bits per heavy atom. The molecule has 9 heteroatoms. The van der Waals surface area contributed by atoms with Gasteiger partial charge in [-0.15, -0.1) is 0 Å². The number of piperazine rings is 1. The molecule has 2 aliphatic rings. The van der Waals surface area contributed by atoms with Gasteiger partial charge < -0.3 is 4.90 Å². The van der Waals surface area contributed by atoms with Crippen molar-refractivity contribution in [3.63, 3.8) is 0 Å². The molecular weight excluding hydrogens is 526 g/mol. The van der Waals surface area contributed by atoms with Gasteiger partial charge in [-0.05, 0) is 43.9 Å². The van der Waals surface area contributed by atoms with Gasteiger partial charge in [0.15, 0.2) is 0 Å². The molecular formula is C30H37N5O2S2. The van der Waals surface area contributed by atoms with Crippen molar-refractivity contribution >= 4 is 46.1 Å². The summed E-state index contributed by atoms with van der Waals surface area (Å²) in [6.07, 6.45) is 4.42. The molecule has 1 amide bonds. The molecule has 0 radical (unpaired) electrons. The number of nitrogens with zero attached hydrogens (tertiary/aromatic N) is 5. The lowest BCUT2D eigenvalue weighted by atomic mass is 10.0. The number of thiocarbonyl (C=S) groups is 1. The molecule has 1 aromatic heterocycles. The molecule has 3 heterocycles.